The van der Waals surface area contributed by atoms with Crippen LogP contribution < -0.4 is 5.32 Å². The van der Waals surface area contributed by atoms with E-state index >= 15 is 0 Å². The summed E-state index contributed by atoms with van der Waals surface area (Å²) in [4.78, 5) is 18.6. The van der Waals surface area contributed by atoms with E-state index in [0.29, 0.717) is 30.9 Å². The SMILES string of the molecule is O=C(Nc1ccc2ncoc2c1)N1CCn2ncc(-c3ccc(F)cc3)c2C1. The van der Waals surface area contributed by atoms with Gasteiger partial charge in [-0.1, -0.05) is 12.1 Å². The number of amides is 2. The van der Waals surface area contributed by atoms with Crippen LogP contribution >= 0.6 is 0 Å². The predicted octanol–water partition coefficient (Wildman–Crippen LogP) is 3.88. The number of aromatic nitrogens is 3. The number of carbonyl (C=O) groups is 1. The lowest BCUT2D eigenvalue weighted by molar-refractivity contribution is 0.194. The number of hydrogen-bond donors (Lipinski definition) is 1. The zero-order valence-electron chi connectivity index (χ0n) is 14.8. The molecule has 2 aromatic carbocycles. The molecule has 0 saturated heterocycles. The molecule has 0 spiro atoms. The van der Waals surface area contributed by atoms with E-state index in [4.69, 9.17) is 4.42 Å². The van der Waals surface area contributed by atoms with E-state index in [1.54, 1.807) is 41.4 Å². The van der Waals surface area contributed by atoms with Crippen molar-refractivity contribution in [3.05, 3.63) is 66.6 Å². The second-order valence-electron chi connectivity index (χ2n) is 6.62. The molecule has 2 aromatic heterocycles. The average Bonchev–Trinajstić information content (AvgIpc) is 3.34. The molecule has 4 aromatic rings. The number of nitrogens with zero attached hydrogens (tertiary/aromatic N) is 4. The lowest BCUT2D eigenvalue weighted by Crippen LogP contribution is -2.41. The summed E-state index contributed by atoms with van der Waals surface area (Å²) in [5, 5.41) is 7.31. The van der Waals surface area contributed by atoms with Crippen molar-refractivity contribution in [1.29, 1.82) is 0 Å². The second kappa shape index (κ2) is 6.49. The largest absolute Gasteiger partial charge is 0.443 e. The first-order valence-electron chi connectivity index (χ1n) is 8.87. The van der Waals surface area contributed by atoms with E-state index < -0.39 is 0 Å². The first-order chi connectivity index (χ1) is 13.7. The van der Waals surface area contributed by atoms with E-state index in [1.807, 2.05) is 4.68 Å². The Morgan fingerprint density at radius 2 is 2.00 bits per heavy atom. The van der Waals surface area contributed by atoms with Crippen LogP contribution in [-0.2, 0) is 13.1 Å². The summed E-state index contributed by atoms with van der Waals surface area (Å²) < 4.78 is 20.4. The molecule has 0 fully saturated rings. The van der Waals surface area contributed by atoms with Crippen LogP contribution in [0.3, 0.4) is 0 Å². The molecule has 0 atom stereocenters. The standard InChI is InChI=1S/C20H16FN5O2/c21-14-3-1-13(2-4-14)16-10-23-26-8-7-25(11-18(16)26)20(27)24-15-5-6-17-19(9-15)28-12-22-17/h1-6,9-10,12H,7-8,11H2,(H,24,27). The predicted molar refractivity (Wildman–Crippen MR) is 101 cm³/mol. The van der Waals surface area contributed by atoms with Crippen molar-refractivity contribution < 1.29 is 13.6 Å². The highest BCUT2D eigenvalue weighted by Crippen LogP contribution is 2.27. The molecular weight excluding hydrogens is 361 g/mol. The van der Waals surface area contributed by atoms with Gasteiger partial charge in [-0.15, -0.1) is 0 Å². The summed E-state index contributed by atoms with van der Waals surface area (Å²) in [6.07, 6.45) is 3.14. The van der Waals surface area contributed by atoms with E-state index in [1.165, 1.54) is 18.5 Å². The van der Waals surface area contributed by atoms with Crippen molar-refractivity contribution in [3.8, 4) is 11.1 Å². The molecule has 8 heteroatoms. The van der Waals surface area contributed by atoms with Crippen LogP contribution in [0.25, 0.3) is 22.2 Å². The lowest BCUT2D eigenvalue weighted by atomic mass is 10.1. The van der Waals surface area contributed by atoms with Gasteiger partial charge in [0.2, 0.25) is 0 Å². The van der Waals surface area contributed by atoms with Crippen LogP contribution in [0.4, 0.5) is 14.9 Å². The van der Waals surface area contributed by atoms with Gasteiger partial charge in [0, 0.05) is 23.9 Å². The molecule has 3 heterocycles. The Balaban J connectivity index is 1.36. The normalized spacial score (nSPS) is 13.5. The smallest absolute Gasteiger partial charge is 0.322 e. The molecule has 28 heavy (non-hydrogen) atoms. The van der Waals surface area contributed by atoms with Gasteiger partial charge >= 0.3 is 6.03 Å². The quantitative estimate of drug-likeness (QED) is 0.575. The highest BCUT2D eigenvalue weighted by Gasteiger charge is 2.24. The topological polar surface area (TPSA) is 76.2 Å². The van der Waals surface area contributed by atoms with Gasteiger partial charge in [-0.05, 0) is 29.8 Å². The van der Waals surface area contributed by atoms with E-state index in [0.717, 1.165) is 22.3 Å². The molecule has 0 aliphatic carbocycles. The summed E-state index contributed by atoms with van der Waals surface area (Å²) in [5.74, 6) is -0.283. The molecule has 0 radical (unpaired) electrons. The third-order valence-corrected chi connectivity index (χ3v) is 4.90. The Kier molecular flexibility index (Phi) is 3.82. The number of rotatable bonds is 2. The van der Waals surface area contributed by atoms with Crippen LogP contribution in [-0.4, -0.2) is 32.2 Å². The molecule has 5 rings (SSSR count). The molecule has 7 nitrogen and oxygen atoms in total. The Morgan fingerprint density at radius 3 is 2.86 bits per heavy atom. The summed E-state index contributed by atoms with van der Waals surface area (Å²) in [6.45, 7) is 1.57. The van der Waals surface area contributed by atoms with E-state index in [2.05, 4.69) is 15.4 Å². The van der Waals surface area contributed by atoms with Crippen LogP contribution in [0.5, 0.6) is 0 Å². The summed E-state index contributed by atoms with van der Waals surface area (Å²) >= 11 is 0. The molecule has 2 amide bonds. The molecule has 0 unspecified atom stereocenters. The average molecular weight is 377 g/mol. The van der Waals surface area contributed by atoms with Crippen LogP contribution in [0.2, 0.25) is 0 Å². The third-order valence-electron chi connectivity index (χ3n) is 4.90. The first kappa shape index (κ1) is 16.5. The fourth-order valence-electron chi connectivity index (χ4n) is 3.42. The van der Waals surface area contributed by atoms with Gasteiger partial charge in [0.05, 0.1) is 25.0 Å². The van der Waals surface area contributed by atoms with Crippen molar-refractivity contribution in [1.82, 2.24) is 19.7 Å². The summed E-state index contributed by atoms with van der Waals surface area (Å²) in [5.41, 5.74) is 4.71. The Morgan fingerprint density at radius 1 is 1.14 bits per heavy atom. The fourth-order valence-corrected chi connectivity index (χ4v) is 3.42. The Bertz CT molecular complexity index is 1170. The second-order valence-corrected chi connectivity index (χ2v) is 6.62. The maximum absolute atomic E-state index is 13.2. The molecule has 1 aliphatic rings. The Hall–Kier alpha value is -3.68. The van der Waals surface area contributed by atoms with Gasteiger partial charge in [0.1, 0.15) is 11.3 Å². The van der Waals surface area contributed by atoms with Gasteiger partial charge in [-0.25, -0.2) is 14.2 Å². The zero-order valence-corrected chi connectivity index (χ0v) is 14.8. The third kappa shape index (κ3) is 2.88. The zero-order chi connectivity index (χ0) is 19.1. The highest BCUT2D eigenvalue weighted by molar-refractivity contribution is 5.91. The molecular formula is C20H16FN5O2. The van der Waals surface area contributed by atoms with Crippen molar-refractivity contribution in [2.24, 2.45) is 0 Å². The molecule has 0 saturated carbocycles. The number of nitrogens with one attached hydrogen (secondary N) is 1. The minimum atomic E-state index is -0.283. The first-order valence-corrected chi connectivity index (χ1v) is 8.87. The molecule has 1 N–H and O–H groups in total. The number of fused-ring (bicyclic) bond motifs is 2. The van der Waals surface area contributed by atoms with Gasteiger partial charge in [0.25, 0.3) is 0 Å². The number of hydrogen-bond acceptors (Lipinski definition) is 4. The number of carbonyl (C=O) groups excluding carboxylic acids is 1. The number of oxazole rings is 1. The van der Waals surface area contributed by atoms with Crippen LogP contribution in [0.15, 0.2) is 59.5 Å². The van der Waals surface area contributed by atoms with Gasteiger partial charge in [0.15, 0.2) is 12.0 Å². The molecule has 140 valence electrons. The molecule has 0 bridgehead atoms. The van der Waals surface area contributed by atoms with Gasteiger partial charge in [-0.2, -0.15) is 5.10 Å². The number of halogens is 1. The van der Waals surface area contributed by atoms with E-state index in [9.17, 15) is 9.18 Å². The minimum absolute atomic E-state index is 0.198. The maximum Gasteiger partial charge on any atom is 0.322 e. The number of benzene rings is 2. The maximum atomic E-state index is 13.2. The number of urea groups is 1. The van der Waals surface area contributed by atoms with Crippen molar-refractivity contribution in [2.45, 2.75) is 13.1 Å². The molecule has 1 aliphatic heterocycles. The van der Waals surface area contributed by atoms with Gasteiger partial charge in [-0.3, -0.25) is 4.68 Å². The summed E-state index contributed by atoms with van der Waals surface area (Å²) in [6, 6.07) is 11.4. The van der Waals surface area contributed by atoms with Crippen LogP contribution in [0, 0.1) is 5.82 Å². The Labute approximate surface area is 159 Å². The minimum Gasteiger partial charge on any atom is -0.443 e. The highest BCUT2D eigenvalue weighted by atomic mass is 19.1. The van der Waals surface area contributed by atoms with Crippen molar-refractivity contribution >= 4 is 22.8 Å². The lowest BCUT2D eigenvalue weighted by Gasteiger charge is -2.28. The number of anilines is 1. The van der Waals surface area contributed by atoms with Crippen molar-refractivity contribution in [2.75, 3.05) is 11.9 Å². The van der Waals surface area contributed by atoms with Crippen LogP contribution in [0.1, 0.15) is 5.69 Å². The fraction of sp³-hybridized carbons (Fsp3) is 0.150. The van der Waals surface area contributed by atoms with Crippen molar-refractivity contribution in [3.63, 3.8) is 0 Å². The van der Waals surface area contributed by atoms with Gasteiger partial charge < -0.3 is 14.6 Å². The monoisotopic (exact) mass is 377 g/mol. The summed E-state index contributed by atoms with van der Waals surface area (Å²) in [7, 11) is 0. The van der Waals surface area contributed by atoms with E-state index in [-0.39, 0.29) is 11.8 Å².